The Bertz CT molecular complexity index is 304. The second kappa shape index (κ2) is 5.32. The molecule has 0 fully saturated rings. The molecule has 0 aliphatic heterocycles. The van der Waals surface area contributed by atoms with Gasteiger partial charge in [-0.1, -0.05) is 30.3 Å². The van der Waals surface area contributed by atoms with Gasteiger partial charge in [-0.25, -0.2) is 4.98 Å². The predicted octanol–water partition coefficient (Wildman–Crippen LogP) is 2.15. The number of halogens is 1. The first-order valence-corrected chi connectivity index (χ1v) is 6.22. The Kier molecular flexibility index (Phi) is 4.66. The molecule has 0 bridgehead atoms. The summed E-state index contributed by atoms with van der Waals surface area (Å²) in [6.45, 7) is 3.57. The second-order valence-electron chi connectivity index (χ2n) is 2.92. The van der Waals surface area contributed by atoms with Crippen molar-refractivity contribution in [2.75, 3.05) is 0 Å². The van der Waals surface area contributed by atoms with Gasteiger partial charge in [-0.05, 0) is 6.92 Å². The van der Waals surface area contributed by atoms with Crippen molar-refractivity contribution in [3.63, 3.8) is 0 Å². The molecule has 80 valence electrons. The number of hydrogen-bond donors (Lipinski definition) is 2. The van der Waals surface area contributed by atoms with Crippen LogP contribution in [0.5, 0.6) is 0 Å². The van der Waals surface area contributed by atoms with Crippen LogP contribution in [0.4, 0.5) is 0 Å². The second-order valence-corrected chi connectivity index (χ2v) is 5.98. The summed E-state index contributed by atoms with van der Waals surface area (Å²) in [6, 6.07) is 0. The van der Waals surface area contributed by atoms with E-state index in [0.717, 1.165) is 4.34 Å². The third-order valence-corrected chi connectivity index (χ3v) is 4.60. The van der Waals surface area contributed by atoms with Gasteiger partial charge in [-0.15, -0.1) is 11.3 Å². The number of aromatic nitrogens is 1. The highest BCUT2D eigenvalue weighted by Crippen LogP contribution is 2.33. The fourth-order valence-electron chi connectivity index (χ4n) is 0.718. The molecule has 2 unspecified atom stereocenters. The van der Waals surface area contributed by atoms with Crippen molar-refractivity contribution in [3.05, 3.63) is 10.0 Å². The first kappa shape index (κ1) is 12.3. The van der Waals surface area contributed by atoms with Crippen LogP contribution in [0.25, 0.3) is 0 Å². The molecule has 1 heterocycles. The van der Waals surface area contributed by atoms with Crippen LogP contribution in [0.1, 0.15) is 18.7 Å². The Labute approximate surface area is 96.1 Å². The highest BCUT2D eigenvalue weighted by atomic mass is 35.5. The summed E-state index contributed by atoms with van der Waals surface area (Å²) in [6.07, 6.45) is -0.389. The third kappa shape index (κ3) is 3.10. The van der Waals surface area contributed by atoms with E-state index in [0.29, 0.717) is 10.0 Å². The van der Waals surface area contributed by atoms with Gasteiger partial charge in [0.25, 0.3) is 0 Å². The van der Waals surface area contributed by atoms with E-state index < -0.39 is 0 Å². The molecular formula is C8H12ClNO2S2. The van der Waals surface area contributed by atoms with Gasteiger partial charge >= 0.3 is 0 Å². The summed E-state index contributed by atoms with van der Waals surface area (Å²) in [4.78, 5) is 4.75. The largest absolute Gasteiger partial charge is 0.392 e. The van der Waals surface area contributed by atoms with Crippen molar-refractivity contribution in [3.8, 4) is 0 Å². The molecule has 0 saturated heterocycles. The van der Waals surface area contributed by atoms with E-state index in [9.17, 15) is 5.11 Å². The lowest BCUT2D eigenvalue weighted by atomic mass is 10.3. The smallest absolute Gasteiger partial charge is 0.152 e. The summed E-state index contributed by atoms with van der Waals surface area (Å²) in [5, 5.41) is 18.6. The standard InChI is InChI=1S/C8H12ClNO2S2/c1-4(12)5(2)13-8-10-7(9)6(3-11)14-8/h4-5,11-12H,3H2,1-2H3. The van der Waals surface area contributed by atoms with Crippen molar-refractivity contribution in [2.24, 2.45) is 0 Å². The molecule has 0 amide bonds. The molecule has 0 aromatic carbocycles. The molecule has 14 heavy (non-hydrogen) atoms. The van der Waals surface area contributed by atoms with Crippen LogP contribution in [0, 0.1) is 0 Å². The van der Waals surface area contributed by atoms with E-state index in [4.69, 9.17) is 16.7 Å². The van der Waals surface area contributed by atoms with Crippen molar-refractivity contribution >= 4 is 34.7 Å². The molecule has 2 atom stereocenters. The molecule has 1 aromatic rings. The minimum absolute atomic E-state index is 0.0729. The summed E-state index contributed by atoms with van der Waals surface area (Å²) in [5.41, 5.74) is 0. The summed E-state index contributed by atoms with van der Waals surface area (Å²) in [5.74, 6) is 0. The summed E-state index contributed by atoms with van der Waals surface area (Å²) in [7, 11) is 0. The topological polar surface area (TPSA) is 53.4 Å². The van der Waals surface area contributed by atoms with Gasteiger partial charge in [0.1, 0.15) is 5.15 Å². The van der Waals surface area contributed by atoms with Gasteiger partial charge < -0.3 is 10.2 Å². The van der Waals surface area contributed by atoms with Crippen LogP contribution in [-0.4, -0.2) is 26.6 Å². The van der Waals surface area contributed by atoms with Gasteiger partial charge in [0.15, 0.2) is 4.34 Å². The Balaban J connectivity index is 2.68. The first-order valence-electron chi connectivity index (χ1n) is 4.15. The lowest BCUT2D eigenvalue weighted by Gasteiger charge is -2.11. The Morgan fingerprint density at radius 1 is 1.57 bits per heavy atom. The molecule has 1 aromatic heterocycles. The molecule has 0 radical (unpaired) electrons. The fraction of sp³-hybridized carbons (Fsp3) is 0.625. The summed E-state index contributed by atoms with van der Waals surface area (Å²) < 4.78 is 0.785. The number of aliphatic hydroxyl groups is 2. The SMILES string of the molecule is CC(O)C(C)Sc1nc(Cl)c(CO)s1. The number of thioether (sulfide) groups is 1. The van der Waals surface area contributed by atoms with Gasteiger partial charge in [-0.3, -0.25) is 0 Å². The average Bonchev–Trinajstić information content (AvgIpc) is 2.45. The van der Waals surface area contributed by atoms with Crippen molar-refractivity contribution in [2.45, 2.75) is 36.1 Å². The van der Waals surface area contributed by atoms with Crippen LogP contribution in [0.3, 0.4) is 0 Å². The van der Waals surface area contributed by atoms with Crippen LogP contribution in [0.15, 0.2) is 4.34 Å². The fourth-order valence-corrected chi connectivity index (χ4v) is 3.23. The number of rotatable bonds is 4. The maximum absolute atomic E-state index is 9.29. The third-order valence-electron chi connectivity index (χ3n) is 1.74. The zero-order valence-electron chi connectivity index (χ0n) is 7.90. The van der Waals surface area contributed by atoms with Crippen LogP contribution >= 0.6 is 34.7 Å². The van der Waals surface area contributed by atoms with E-state index in [1.165, 1.54) is 23.1 Å². The normalized spacial score (nSPS) is 15.5. The van der Waals surface area contributed by atoms with Crippen LogP contribution < -0.4 is 0 Å². The first-order chi connectivity index (χ1) is 6.54. The maximum atomic E-state index is 9.29. The number of thiazole rings is 1. The Hall–Kier alpha value is 0.190. The van der Waals surface area contributed by atoms with Gasteiger partial charge in [0.05, 0.1) is 17.6 Å². The maximum Gasteiger partial charge on any atom is 0.152 e. The summed E-state index contributed by atoms with van der Waals surface area (Å²) >= 11 is 8.60. The average molecular weight is 254 g/mol. The highest BCUT2D eigenvalue weighted by Gasteiger charge is 2.15. The molecular weight excluding hydrogens is 242 g/mol. The Morgan fingerprint density at radius 2 is 2.21 bits per heavy atom. The molecule has 6 heteroatoms. The molecule has 1 rings (SSSR count). The molecule has 3 nitrogen and oxygen atoms in total. The minimum atomic E-state index is -0.389. The zero-order chi connectivity index (χ0) is 10.7. The highest BCUT2D eigenvalue weighted by molar-refractivity contribution is 8.01. The van der Waals surface area contributed by atoms with Crippen molar-refractivity contribution in [1.29, 1.82) is 0 Å². The molecule has 0 saturated carbocycles. The number of hydrogen-bond acceptors (Lipinski definition) is 5. The molecule has 2 N–H and O–H groups in total. The molecule has 0 spiro atoms. The molecule has 0 aliphatic rings. The zero-order valence-corrected chi connectivity index (χ0v) is 10.3. The van der Waals surface area contributed by atoms with Gasteiger partial charge in [-0.2, -0.15) is 0 Å². The minimum Gasteiger partial charge on any atom is -0.392 e. The van der Waals surface area contributed by atoms with Crippen molar-refractivity contribution in [1.82, 2.24) is 4.98 Å². The van der Waals surface area contributed by atoms with Crippen LogP contribution in [-0.2, 0) is 6.61 Å². The van der Waals surface area contributed by atoms with Crippen molar-refractivity contribution < 1.29 is 10.2 Å². The number of aliphatic hydroxyl groups excluding tert-OH is 2. The lowest BCUT2D eigenvalue weighted by Crippen LogP contribution is -2.14. The molecule has 0 aliphatic carbocycles. The quantitative estimate of drug-likeness (QED) is 0.808. The number of nitrogens with zero attached hydrogens (tertiary/aromatic N) is 1. The van der Waals surface area contributed by atoms with Crippen LogP contribution in [0.2, 0.25) is 5.15 Å². The van der Waals surface area contributed by atoms with E-state index in [1.54, 1.807) is 6.92 Å². The Morgan fingerprint density at radius 3 is 2.64 bits per heavy atom. The lowest BCUT2D eigenvalue weighted by molar-refractivity contribution is 0.196. The van der Waals surface area contributed by atoms with E-state index in [-0.39, 0.29) is 18.0 Å². The van der Waals surface area contributed by atoms with Gasteiger partial charge in [0.2, 0.25) is 0 Å². The van der Waals surface area contributed by atoms with E-state index in [2.05, 4.69) is 4.98 Å². The monoisotopic (exact) mass is 253 g/mol. The van der Waals surface area contributed by atoms with Gasteiger partial charge in [0, 0.05) is 5.25 Å². The van der Waals surface area contributed by atoms with E-state index >= 15 is 0 Å². The van der Waals surface area contributed by atoms with E-state index in [1.807, 2.05) is 6.92 Å². The predicted molar refractivity (Wildman–Crippen MR) is 60.0 cm³/mol.